The maximum atomic E-state index is 12.8. The van der Waals surface area contributed by atoms with E-state index in [1.165, 1.54) is 0 Å². The summed E-state index contributed by atoms with van der Waals surface area (Å²) in [5, 5.41) is 1.02. The molecular weight excluding hydrogens is 373 g/mol. The number of carbonyl (C=O) groups is 1. The average molecular weight is 383 g/mol. The molecule has 1 aromatic carbocycles. The van der Waals surface area contributed by atoms with Gasteiger partial charge in [-0.1, -0.05) is 0 Å². The molecule has 0 heterocycles. The second-order valence-electron chi connectivity index (χ2n) is 4.65. The number of amides is 1. The Morgan fingerprint density at radius 2 is 1.28 bits per heavy atom. The van der Waals surface area contributed by atoms with Crippen molar-refractivity contribution >= 4 is 11.6 Å². The van der Waals surface area contributed by atoms with Gasteiger partial charge in [-0.25, -0.2) is 0 Å². The summed E-state index contributed by atoms with van der Waals surface area (Å²) in [6.07, 6.45) is -20.9. The summed E-state index contributed by atoms with van der Waals surface area (Å²) < 4.78 is 120. The summed E-state index contributed by atoms with van der Waals surface area (Å²) in [7, 11) is 0. The second-order valence-corrected chi connectivity index (χ2v) is 4.65. The average Bonchev–Trinajstić information content (AvgIpc) is 2.36. The normalized spacial score (nSPS) is 13.5. The van der Waals surface area contributed by atoms with Gasteiger partial charge in [-0.05, 0) is 31.2 Å². The van der Waals surface area contributed by atoms with E-state index < -0.39 is 35.5 Å². The Kier molecular flexibility index (Phi) is 5.55. The van der Waals surface area contributed by atoms with E-state index in [-0.39, 0.29) is 12.4 Å². The van der Waals surface area contributed by atoms with E-state index in [9.17, 15) is 44.3 Å². The standard InChI is InChI=1S/C13H10F9NO2/c1-2-25-8-5-3-7(4-6-8)23-9(24)10(11(14,15)16,12(17,18)19)13(20,21)22/h3-6H,2H2,1H3,(H,23,24). The van der Waals surface area contributed by atoms with E-state index in [1.807, 2.05) is 0 Å². The first-order valence-corrected chi connectivity index (χ1v) is 6.43. The molecule has 0 aliphatic heterocycles. The Balaban J connectivity index is 3.34. The Labute approximate surface area is 134 Å². The van der Waals surface area contributed by atoms with Crippen LogP contribution in [0.5, 0.6) is 5.75 Å². The van der Waals surface area contributed by atoms with Crippen LogP contribution in [0.15, 0.2) is 24.3 Å². The monoisotopic (exact) mass is 383 g/mol. The van der Waals surface area contributed by atoms with Crippen LogP contribution in [0.1, 0.15) is 6.92 Å². The Morgan fingerprint density at radius 3 is 1.60 bits per heavy atom. The van der Waals surface area contributed by atoms with E-state index in [0.717, 1.165) is 29.6 Å². The van der Waals surface area contributed by atoms with Crippen molar-refractivity contribution in [2.45, 2.75) is 25.5 Å². The molecule has 0 unspecified atom stereocenters. The summed E-state index contributed by atoms with van der Waals surface area (Å²) >= 11 is 0. The lowest BCUT2D eigenvalue weighted by Gasteiger charge is -2.36. The molecule has 0 atom stereocenters. The number of benzene rings is 1. The molecule has 142 valence electrons. The molecule has 25 heavy (non-hydrogen) atoms. The van der Waals surface area contributed by atoms with Crippen LogP contribution in [0, 0.1) is 5.41 Å². The van der Waals surface area contributed by atoms with Crippen molar-refractivity contribution in [3.05, 3.63) is 24.3 Å². The number of anilines is 1. The van der Waals surface area contributed by atoms with Gasteiger partial charge in [0.2, 0.25) is 0 Å². The van der Waals surface area contributed by atoms with Gasteiger partial charge >= 0.3 is 23.9 Å². The first-order valence-electron chi connectivity index (χ1n) is 6.43. The zero-order valence-corrected chi connectivity index (χ0v) is 12.2. The third-order valence-corrected chi connectivity index (χ3v) is 3.04. The van der Waals surface area contributed by atoms with Crippen LogP contribution < -0.4 is 10.1 Å². The third kappa shape index (κ3) is 3.76. The number of halogens is 9. The van der Waals surface area contributed by atoms with E-state index in [4.69, 9.17) is 4.74 Å². The fourth-order valence-electron chi connectivity index (χ4n) is 1.89. The van der Waals surface area contributed by atoms with E-state index >= 15 is 0 Å². The molecule has 1 amide bonds. The van der Waals surface area contributed by atoms with Gasteiger partial charge < -0.3 is 10.1 Å². The minimum absolute atomic E-state index is 0.147. The van der Waals surface area contributed by atoms with Crippen molar-refractivity contribution in [2.75, 3.05) is 11.9 Å². The van der Waals surface area contributed by atoms with Gasteiger partial charge in [0, 0.05) is 5.69 Å². The first kappa shape index (κ1) is 20.9. The molecule has 0 fully saturated rings. The van der Waals surface area contributed by atoms with Crippen molar-refractivity contribution in [1.82, 2.24) is 0 Å². The number of nitrogens with one attached hydrogen (secondary N) is 1. The Morgan fingerprint density at radius 1 is 0.880 bits per heavy atom. The van der Waals surface area contributed by atoms with E-state index in [0.29, 0.717) is 0 Å². The van der Waals surface area contributed by atoms with Gasteiger partial charge in [-0.2, -0.15) is 39.5 Å². The largest absolute Gasteiger partial charge is 0.494 e. The summed E-state index contributed by atoms with van der Waals surface area (Å²) in [5.41, 5.74) is -7.26. The molecular formula is C13H10F9NO2. The molecule has 3 nitrogen and oxygen atoms in total. The third-order valence-electron chi connectivity index (χ3n) is 3.04. The number of alkyl halides is 9. The molecule has 0 aliphatic rings. The number of hydrogen-bond donors (Lipinski definition) is 1. The van der Waals surface area contributed by atoms with E-state index in [1.54, 1.807) is 6.92 Å². The molecule has 0 aliphatic carbocycles. The van der Waals surface area contributed by atoms with E-state index in [2.05, 4.69) is 0 Å². The van der Waals surface area contributed by atoms with Crippen LogP contribution in [0.4, 0.5) is 45.2 Å². The van der Waals surface area contributed by atoms with Crippen molar-refractivity contribution < 1.29 is 49.0 Å². The van der Waals surface area contributed by atoms with Gasteiger partial charge in [-0.3, -0.25) is 4.79 Å². The van der Waals surface area contributed by atoms with Crippen molar-refractivity contribution in [2.24, 2.45) is 5.41 Å². The second kappa shape index (κ2) is 6.64. The Hall–Kier alpha value is -2.14. The number of rotatable bonds is 4. The van der Waals surface area contributed by atoms with Crippen LogP contribution in [0.3, 0.4) is 0 Å². The molecule has 1 aromatic rings. The maximum absolute atomic E-state index is 12.8. The van der Waals surface area contributed by atoms with Crippen LogP contribution in [0.2, 0.25) is 0 Å². The molecule has 0 saturated carbocycles. The fraction of sp³-hybridized carbons (Fsp3) is 0.462. The molecule has 0 saturated heterocycles. The maximum Gasteiger partial charge on any atom is 0.421 e. The molecule has 12 heteroatoms. The van der Waals surface area contributed by atoms with Gasteiger partial charge in [0.15, 0.2) is 0 Å². The lowest BCUT2D eigenvalue weighted by Crippen LogP contribution is -2.65. The molecule has 1 rings (SSSR count). The van der Waals surface area contributed by atoms with Crippen molar-refractivity contribution in [1.29, 1.82) is 0 Å². The van der Waals surface area contributed by atoms with Gasteiger partial charge in [0.25, 0.3) is 5.91 Å². The molecule has 1 N–H and O–H groups in total. The molecule has 0 aromatic heterocycles. The van der Waals surface area contributed by atoms with Crippen LogP contribution in [-0.2, 0) is 4.79 Å². The number of carbonyl (C=O) groups excluding carboxylic acids is 1. The summed E-state index contributed by atoms with van der Waals surface area (Å²) in [6, 6.07) is 3.71. The zero-order valence-electron chi connectivity index (χ0n) is 12.2. The van der Waals surface area contributed by atoms with Crippen molar-refractivity contribution in [3.63, 3.8) is 0 Å². The lowest BCUT2D eigenvalue weighted by molar-refractivity contribution is -0.405. The summed E-state index contributed by atoms with van der Waals surface area (Å²) in [6.45, 7) is 1.77. The van der Waals surface area contributed by atoms with Crippen LogP contribution >= 0.6 is 0 Å². The van der Waals surface area contributed by atoms with Gasteiger partial charge in [0.1, 0.15) is 5.75 Å². The lowest BCUT2D eigenvalue weighted by atomic mass is 9.84. The van der Waals surface area contributed by atoms with Gasteiger partial charge in [0.05, 0.1) is 6.61 Å². The van der Waals surface area contributed by atoms with Crippen LogP contribution in [-0.4, -0.2) is 31.0 Å². The highest BCUT2D eigenvalue weighted by molar-refractivity contribution is 5.97. The minimum Gasteiger partial charge on any atom is -0.494 e. The highest BCUT2D eigenvalue weighted by Gasteiger charge is 2.88. The number of ether oxygens (including phenoxy) is 1. The first-order chi connectivity index (χ1) is 11.2. The summed E-state index contributed by atoms with van der Waals surface area (Å²) in [5.74, 6) is -3.15. The molecule has 0 bridgehead atoms. The minimum atomic E-state index is -6.96. The van der Waals surface area contributed by atoms with Gasteiger partial charge in [-0.15, -0.1) is 0 Å². The predicted molar refractivity (Wildman–Crippen MR) is 66.8 cm³/mol. The highest BCUT2D eigenvalue weighted by atomic mass is 19.4. The quantitative estimate of drug-likeness (QED) is 0.766. The van der Waals surface area contributed by atoms with Crippen molar-refractivity contribution in [3.8, 4) is 5.75 Å². The predicted octanol–water partition coefficient (Wildman–Crippen LogP) is 4.70. The Bertz CT molecular complexity index is 566. The summed E-state index contributed by atoms with van der Waals surface area (Å²) in [4.78, 5) is 11.5. The zero-order chi connectivity index (χ0) is 19.7. The fourth-order valence-corrected chi connectivity index (χ4v) is 1.89. The highest BCUT2D eigenvalue weighted by Crippen LogP contribution is 2.59. The molecule has 0 radical (unpaired) electrons. The topological polar surface area (TPSA) is 38.3 Å². The smallest absolute Gasteiger partial charge is 0.421 e. The number of hydrogen-bond acceptors (Lipinski definition) is 2. The molecule has 0 spiro atoms. The SMILES string of the molecule is CCOc1ccc(NC(=O)C(C(F)(F)F)(C(F)(F)F)C(F)(F)F)cc1. The van der Waals surface area contributed by atoms with Crippen LogP contribution in [0.25, 0.3) is 0 Å².